The van der Waals surface area contributed by atoms with E-state index in [0.29, 0.717) is 12.3 Å². The maximum Gasteiger partial charge on any atom is 0.240 e. The molecule has 3 aromatic rings. The molecule has 0 amide bonds. The van der Waals surface area contributed by atoms with E-state index in [1.807, 2.05) is 31.2 Å². The van der Waals surface area contributed by atoms with Crippen LogP contribution in [-0.2, 0) is 10.0 Å². The molecule has 0 aliphatic rings. The Morgan fingerprint density at radius 3 is 2.43 bits per heavy atom. The highest BCUT2D eigenvalue weighted by Crippen LogP contribution is 2.21. The molecular weight excluding hydrogens is 433 g/mol. The maximum atomic E-state index is 13.2. The molecule has 3 rings (SSSR count). The quantitative estimate of drug-likeness (QED) is 0.499. The summed E-state index contributed by atoms with van der Waals surface area (Å²) in [7, 11) is -3.83. The summed E-state index contributed by atoms with van der Waals surface area (Å²) in [5.41, 5.74) is 1.54. The van der Waals surface area contributed by atoms with Crippen LogP contribution in [0.3, 0.4) is 0 Å². The average molecular weight is 452 g/mol. The zero-order valence-electron chi connectivity index (χ0n) is 16.0. The van der Waals surface area contributed by atoms with Gasteiger partial charge in [-0.05, 0) is 55.5 Å². The van der Waals surface area contributed by atoms with Crippen molar-refractivity contribution in [3.05, 3.63) is 65.4 Å². The molecule has 0 radical (unpaired) electrons. The van der Waals surface area contributed by atoms with E-state index in [1.165, 1.54) is 0 Å². The number of rotatable bonds is 9. The largest absolute Gasteiger partial charge is 0.494 e. The molecule has 7 nitrogen and oxygen atoms in total. The minimum absolute atomic E-state index is 0.0142. The lowest BCUT2D eigenvalue weighted by molar-refractivity contribution is 0.307. The van der Waals surface area contributed by atoms with Gasteiger partial charge in [0.15, 0.2) is 0 Å². The standard InChI is InChI=1S/C20H19ClFN3O4S/c1-2-28-15-5-3-14(4-6-15)19-9-10-20(25-24-19)29-12-11-23-30(26,27)16-7-8-18(22)17(21)13-16/h3-10,13,23H,2,11-12H2,1H3. The molecule has 1 N–H and O–H groups in total. The Labute approximate surface area is 178 Å². The van der Waals surface area contributed by atoms with E-state index in [4.69, 9.17) is 21.1 Å². The Morgan fingerprint density at radius 2 is 1.80 bits per heavy atom. The van der Waals surface area contributed by atoms with Crippen LogP contribution in [0.4, 0.5) is 4.39 Å². The van der Waals surface area contributed by atoms with E-state index in [-0.39, 0.29) is 28.9 Å². The van der Waals surface area contributed by atoms with Crippen LogP contribution in [0, 0.1) is 5.82 Å². The average Bonchev–Trinajstić information content (AvgIpc) is 2.74. The fraction of sp³-hybridized carbons (Fsp3) is 0.200. The number of ether oxygens (including phenoxy) is 2. The number of hydrogen-bond acceptors (Lipinski definition) is 6. The molecule has 0 atom stereocenters. The Kier molecular flexibility index (Phi) is 7.20. The topological polar surface area (TPSA) is 90.4 Å². The van der Waals surface area contributed by atoms with Gasteiger partial charge in [-0.3, -0.25) is 0 Å². The van der Waals surface area contributed by atoms with Crippen LogP contribution in [0.5, 0.6) is 11.6 Å². The summed E-state index contributed by atoms with van der Waals surface area (Å²) in [6, 6.07) is 14.0. The number of aromatic nitrogens is 2. The summed E-state index contributed by atoms with van der Waals surface area (Å²) in [6.45, 7) is 2.53. The van der Waals surface area contributed by atoms with Crippen LogP contribution >= 0.6 is 11.6 Å². The number of halogens is 2. The van der Waals surface area contributed by atoms with Crippen LogP contribution in [0.15, 0.2) is 59.5 Å². The van der Waals surface area contributed by atoms with Gasteiger partial charge in [-0.25, -0.2) is 17.5 Å². The number of benzene rings is 2. The first-order valence-electron chi connectivity index (χ1n) is 9.03. The molecule has 30 heavy (non-hydrogen) atoms. The van der Waals surface area contributed by atoms with E-state index >= 15 is 0 Å². The molecule has 158 valence electrons. The second kappa shape index (κ2) is 9.84. The summed E-state index contributed by atoms with van der Waals surface area (Å²) >= 11 is 5.63. The van der Waals surface area contributed by atoms with E-state index in [0.717, 1.165) is 29.5 Å². The second-order valence-corrected chi connectivity index (χ2v) is 8.21. The number of nitrogens with zero attached hydrogens (tertiary/aromatic N) is 2. The van der Waals surface area contributed by atoms with E-state index in [1.54, 1.807) is 12.1 Å². The summed E-state index contributed by atoms with van der Waals surface area (Å²) in [5.74, 6) is 0.347. The van der Waals surface area contributed by atoms with E-state index in [2.05, 4.69) is 14.9 Å². The highest BCUT2D eigenvalue weighted by atomic mass is 35.5. The van der Waals surface area contributed by atoms with Gasteiger partial charge in [-0.2, -0.15) is 0 Å². The van der Waals surface area contributed by atoms with Crippen LogP contribution in [-0.4, -0.2) is 38.4 Å². The summed E-state index contributed by atoms with van der Waals surface area (Å²) < 4.78 is 50.7. The van der Waals surface area contributed by atoms with Crippen molar-refractivity contribution in [1.82, 2.24) is 14.9 Å². The smallest absolute Gasteiger partial charge is 0.240 e. The van der Waals surface area contributed by atoms with Gasteiger partial charge in [0.1, 0.15) is 18.2 Å². The summed E-state index contributed by atoms with van der Waals surface area (Å²) in [6.07, 6.45) is 0. The Bertz CT molecular complexity index is 1090. The van der Waals surface area contributed by atoms with Crippen molar-refractivity contribution in [2.75, 3.05) is 19.8 Å². The second-order valence-electron chi connectivity index (χ2n) is 6.04. The molecule has 0 aliphatic carbocycles. The minimum Gasteiger partial charge on any atom is -0.494 e. The predicted octanol–water partition coefficient (Wildman–Crippen LogP) is 3.69. The van der Waals surface area contributed by atoms with Crippen molar-refractivity contribution in [3.63, 3.8) is 0 Å². The predicted molar refractivity (Wildman–Crippen MR) is 111 cm³/mol. The minimum atomic E-state index is -3.83. The highest BCUT2D eigenvalue weighted by molar-refractivity contribution is 7.89. The van der Waals surface area contributed by atoms with Gasteiger partial charge >= 0.3 is 0 Å². The molecule has 0 fully saturated rings. The van der Waals surface area contributed by atoms with Gasteiger partial charge < -0.3 is 9.47 Å². The maximum absolute atomic E-state index is 13.2. The zero-order valence-corrected chi connectivity index (χ0v) is 17.6. The molecular formula is C20H19ClFN3O4S. The Balaban J connectivity index is 1.52. The monoisotopic (exact) mass is 451 g/mol. The van der Waals surface area contributed by atoms with Crippen molar-refractivity contribution in [2.45, 2.75) is 11.8 Å². The summed E-state index contributed by atoms with van der Waals surface area (Å²) in [5, 5.41) is 7.83. The third-order valence-corrected chi connectivity index (χ3v) is 5.69. The van der Waals surface area contributed by atoms with Crippen LogP contribution in [0.2, 0.25) is 5.02 Å². The van der Waals surface area contributed by atoms with Crippen molar-refractivity contribution in [3.8, 4) is 22.9 Å². The van der Waals surface area contributed by atoms with Crippen molar-refractivity contribution in [1.29, 1.82) is 0 Å². The molecule has 1 heterocycles. The molecule has 0 saturated heterocycles. The van der Waals surface area contributed by atoms with Crippen LogP contribution < -0.4 is 14.2 Å². The zero-order chi connectivity index (χ0) is 21.6. The highest BCUT2D eigenvalue weighted by Gasteiger charge is 2.15. The first kappa shape index (κ1) is 21.9. The van der Waals surface area contributed by atoms with Crippen molar-refractivity contribution >= 4 is 21.6 Å². The molecule has 0 aliphatic heterocycles. The Morgan fingerprint density at radius 1 is 1.03 bits per heavy atom. The fourth-order valence-electron chi connectivity index (χ4n) is 2.50. The molecule has 2 aromatic carbocycles. The third kappa shape index (κ3) is 5.65. The first-order chi connectivity index (χ1) is 14.4. The van der Waals surface area contributed by atoms with Gasteiger partial charge in [-0.15, -0.1) is 10.2 Å². The Hall–Kier alpha value is -2.75. The van der Waals surface area contributed by atoms with Crippen molar-refractivity contribution < 1.29 is 22.3 Å². The molecule has 0 saturated carbocycles. The van der Waals surface area contributed by atoms with Crippen LogP contribution in [0.25, 0.3) is 11.3 Å². The third-order valence-electron chi connectivity index (χ3n) is 3.95. The number of hydrogen-bond donors (Lipinski definition) is 1. The van der Waals surface area contributed by atoms with Gasteiger partial charge in [0.05, 0.1) is 22.2 Å². The number of sulfonamides is 1. The van der Waals surface area contributed by atoms with Gasteiger partial charge in [-0.1, -0.05) is 11.6 Å². The first-order valence-corrected chi connectivity index (χ1v) is 10.9. The van der Waals surface area contributed by atoms with Gasteiger partial charge in [0.2, 0.25) is 15.9 Å². The van der Waals surface area contributed by atoms with Crippen LogP contribution in [0.1, 0.15) is 6.92 Å². The van der Waals surface area contributed by atoms with Crippen molar-refractivity contribution in [2.24, 2.45) is 0 Å². The molecule has 10 heteroatoms. The van der Waals surface area contributed by atoms with E-state index in [9.17, 15) is 12.8 Å². The molecule has 0 bridgehead atoms. The SMILES string of the molecule is CCOc1ccc(-c2ccc(OCCNS(=O)(=O)c3ccc(F)c(Cl)c3)nn2)cc1. The summed E-state index contributed by atoms with van der Waals surface area (Å²) in [4.78, 5) is -0.131. The fourth-order valence-corrected chi connectivity index (χ4v) is 3.78. The molecule has 0 unspecified atom stereocenters. The lowest BCUT2D eigenvalue weighted by Gasteiger charge is -2.09. The lowest BCUT2D eigenvalue weighted by atomic mass is 10.1. The number of nitrogens with one attached hydrogen (secondary N) is 1. The molecule has 0 spiro atoms. The van der Waals surface area contributed by atoms with Gasteiger partial charge in [0, 0.05) is 18.2 Å². The molecule has 1 aromatic heterocycles. The lowest BCUT2D eigenvalue weighted by Crippen LogP contribution is -2.28. The van der Waals surface area contributed by atoms with Gasteiger partial charge in [0.25, 0.3) is 0 Å². The normalized spacial score (nSPS) is 11.3. The van der Waals surface area contributed by atoms with E-state index < -0.39 is 15.8 Å².